The summed E-state index contributed by atoms with van der Waals surface area (Å²) in [6.45, 7) is 6.67. The van der Waals surface area contributed by atoms with Gasteiger partial charge in [-0.1, -0.05) is 24.6 Å². The summed E-state index contributed by atoms with van der Waals surface area (Å²) in [4.78, 5) is 4.38. The number of hydrogen-bond acceptors (Lipinski definition) is 4. The lowest BCUT2D eigenvalue weighted by Gasteiger charge is -2.15. The first kappa shape index (κ1) is 22.0. The number of nitrogens with one attached hydrogen (secondary N) is 2. The molecule has 32 heavy (non-hydrogen) atoms. The van der Waals surface area contributed by atoms with Crippen molar-refractivity contribution >= 4 is 5.96 Å². The van der Waals surface area contributed by atoms with Gasteiger partial charge >= 0.3 is 0 Å². The van der Waals surface area contributed by atoms with Crippen LogP contribution < -0.4 is 10.6 Å². The molecule has 4 rings (SSSR count). The van der Waals surface area contributed by atoms with Gasteiger partial charge in [0, 0.05) is 45.2 Å². The molecule has 8 nitrogen and oxygen atoms in total. The molecule has 0 aliphatic carbocycles. The fourth-order valence-electron chi connectivity index (χ4n) is 4.32. The van der Waals surface area contributed by atoms with Crippen LogP contribution in [0.2, 0.25) is 0 Å². The van der Waals surface area contributed by atoms with Crippen molar-refractivity contribution in [3.05, 3.63) is 58.9 Å². The Balaban J connectivity index is 1.29. The maximum atomic E-state index is 4.64. The Bertz CT molecular complexity index is 1060. The normalized spacial score (nSPS) is 14.2. The van der Waals surface area contributed by atoms with E-state index in [0.717, 1.165) is 67.0 Å². The minimum Gasteiger partial charge on any atom is -0.356 e. The molecule has 0 radical (unpaired) electrons. The van der Waals surface area contributed by atoms with E-state index in [0.29, 0.717) is 6.54 Å². The van der Waals surface area contributed by atoms with Crippen molar-refractivity contribution in [3.8, 4) is 5.69 Å². The zero-order valence-electron chi connectivity index (χ0n) is 19.4. The molecule has 170 valence electrons. The van der Waals surface area contributed by atoms with E-state index in [1.54, 1.807) is 7.05 Å². The molecule has 0 bridgehead atoms. The van der Waals surface area contributed by atoms with Crippen molar-refractivity contribution in [3.63, 3.8) is 0 Å². The van der Waals surface area contributed by atoms with E-state index >= 15 is 0 Å². The third kappa shape index (κ3) is 5.18. The Morgan fingerprint density at radius 3 is 2.78 bits per heavy atom. The molecule has 0 unspecified atom stereocenters. The molecule has 1 aliphatic heterocycles. The molecule has 2 N–H and O–H groups in total. The van der Waals surface area contributed by atoms with Crippen LogP contribution in [0.4, 0.5) is 0 Å². The van der Waals surface area contributed by atoms with E-state index < -0.39 is 0 Å². The van der Waals surface area contributed by atoms with E-state index in [1.807, 2.05) is 17.7 Å². The van der Waals surface area contributed by atoms with Crippen molar-refractivity contribution in [2.45, 2.75) is 65.5 Å². The number of aliphatic imine (C=N–C) groups is 1. The Labute approximate surface area is 190 Å². The van der Waals surface area contributed by atoms with Crippen LogP contribution in [0.1, 0.15) is 54.3 Å². The Morgan fingerprint density at radius 1 is 1.09 bits per heavy atom. The first-order chi connectivity index (χ1) is 15.7. The van der Waals surface area contributed by atoms with Crippen LogP contribution in [0.25, 0.3) is 5.69 Å². The molecule has 0 fully saturated rings. The third-order valence-electron chi connectivity index (χ3n) is 5.96. The molecule has 0 spiro atoms. The van der Waals surface area contributed by atoms with E-state index in [4.69, 9.17) is 0 Å². The fraction of sp³-hybridized carbons (Fsp3) is 0.500. The van der Waals surface area contributed by atoms with Gasteiger partial charge in [0.25, 0.3) is 0 Å². The minimum atomic E-state index is 0.673. The van der Waals surface area contributed by atoms with Crippen LogP contribution in [0.3, 0.4) is 0 Å². The molecule has 0 saturated heterocycles. The highest BCUT2D eigenvalue weighted by atomic mass is 15.3. The first-order valence-electron chi connectivity index (χ1n) is 11.6. The topological polar surface area (TPSA) is 85.0 Å². The second-order valence-electron chi connectivity index (χ2n) is 8.42. The molecular weight excluding hydrogens is 400 g/mol. The molecule has 0 atom stereocenters. The van der Waals surface area contributed by atoms with Gasteiger partial charge in [-0.05, 0) is 50.8 Å². The van der Waals surface area contributed by atoms with Crippen molar-refractivity contribution in [2.75, 3.05) is 13.6 Å². The monoisotopic (exact) mass is 434 g/mol. The number of nitrogens with zero attached hydrogens (tertiary/aromatic N) is 6. The maximum absolute atomic E-state index is 4.64. The molecule has 0 amide bonds. The van der Waals surface area contributed by atoms with Crippen LogP contribution in [0.15, 0.2) is 35.3 Å². The first-order valence-corrected chi connectivity index (χ1v) is 11.6. The number of benzene rings is 1. The van der Waals surface area contributed by atoms with Crippen LogP contribution in [-0.4, -0.2) is 44.1 Å². The largest absolute Gasteiger partial charge is 0.356 e. The van der Waals surface area contributed by atoms with Crippen molar-refractivity contribution in [1.82, 2.24) is 35.2 Å². The number of fused-ring (bicyclic) bond motifs is 1. The highest BCUT2D eigenvalue weighted by Gasteiger charge is 2.14. The molecule has 2 aromatic heterocycles. The molecule has 3 heterocycles. The Kier molecular flexibility index (Phi) is 7.19. The fourth-order valence-corrected chi connectivity index (χ4v) is 4.32. The quantitative estimate of drug-likeness (QED) is 0.339. The summed E-state index contributed by atoms with van der Waals surface area (Å²) in [5, 5.41) is 20.3. The van der Waals surface area contributed by atoms with Gasteiger partial charge in [-0.2, -0.15) is 5.10 Å². The number of aryl methyl sites for hydroxylation is 4. The van der Waals surface area contributed by atoms with Crippen molar-refractivity contribution in [1.29, 1.82) is 0 Å². The highest BCUT2D eigenvalue weighted by molar-refractivity contribution is 5.79. The predicted octanol–water partition coefficient (Wildman–Crippen LogP) is 3.10. The zero-order chi connectivity index (χ0) is 22.3. The van der Waals surface area contributed by atoms with Crippen LogP contribution in [0.5, 0.6) is 0 Å². The highest BCUT2D eigenvalue weighted by Crippen LogP contribution is 2.17. The summed E-state index contributed by atoms with van der Waals surface area (Å²) in [5.74, 6) is 3.07. The second-order valence-corrected chi connectivity index (χ2v) is 8.42. The summed E-state index contributed by atoms with van der Waals surface area (Å²) >= 11 is 0. The van der Waals surface area contributed by atoms with Gasteiger partial charge in [0.05, 0.1) is 11.4 Å². The number of rotatable bonds is 7. The summed E-state index contributed by atoms with van der Waals surface area (Å²) in [6, 6.07) is 10.4. The average molecular weight is 435 g/mol. The van der Waals surface area contributed by atoms with Crippen LogP contribution in [-0.2, 0) is 25.9 Å². The molecule has 3 aromatic rings. The van der Waals surface area contributed by atoms with Gasteiger partial charge in [-0.25, -0.2) is 4.68 Å². The van der Waals surface area contributed by atoms with Crippen LogP contribution >= 0.6 is 0 Å². The summed E-state index contributed by atoms with van der Waals surface area (Å²) in [7, 11) is 1.81. The molecular formula is C24H34N8. The lowest BCUT2D eigenvalue weighted by Crippen LogP contribution is -2.37. The maximum Gasteiger partial charge on any atom is 0.191 e. The van der Waals surface area contributed by atoms with Gasteiger partial charge in [-0.3, -0.25) is 4.99 Å². The van der Waals surface area contributed by atoms with E-state index in [-0.39, 0.29) is 0 Å². The minimum absolute atomic E-state index is 0.673. The van der Waals surface area contributed by atoms with Crippen LogP contribution in [0, 0.1) is 13.8 Å². The lowest BCUT2D eigenvalue weighted by molar-refractivity contribution is 0.594. The Morgan fingerprint density at radius 2 is 1.97 bits per heavy atom. The van der Waals surface area contributed by atoms with Gasteiger partial charge in [-0.15, -0.1) is 10.2 Å². The lowest BCUT2D eigenvalue weighted by atomic mass is 10.1. The Hall–Kier alpha value is -3.16. The summed E-state index contributed by atoms with van der Waals surface area (Å²) in [6.07, 6.45) is 6.71. The summed E-state index contributed by atoms with van der Waals surface area (Å²) < 4.78 is 4.33. The standard InChI is InChI=1S/C24H34N8/c1-18-16-19(2)32(30-18)21-11-7-6-10-20(21)17-27-24(25-3)26-14-9-13-23-29-28-22-12-5-4-8-15-31(22)23/h6-7,10-11,16H,4-5,8-9,12-15,17H2,1-3H3,(H2,25,26,27). The van der Waals surface area contributed by atoms with E-state index in [2.05, 4.69) is 66.7 Å². The molecule has 1 aliphatic rings. The molecule has 8 heteroatoms. The number of aromatic nitrogens is 5. The SMILES string of the molecule is CN=C(NCCCc1nnc2n1CCCCC2)NCc1ccccc1-n1nc(C)cc1C. The second kappa shape index (κ2) is 10.4. The summed E-state index contributed by atoms with van der Waals surface area (Å²) in [5.41, 5.74) is 4.41. The third-order valence-corrected chi connectivity index (χ3v) is 5.96. The van der Waals surface area contributed by atoms with E-state index in [1.165, 1.54) is 24.8 Å². The van der Waals surface area contributed by atoms with Gasteiger partial charge < -0.3 is 15.2 Å². The smallest absolute Gasteiger partial charge is 0.191 e. The zero-order valence-corrected chi connectivity index (χ0v) is 19.4. The van der Waals surface area contributed by atoms with Gasteiger partial charge in [0.15, 0.2) is 5.96 Å². The van der Waals surface area contributed by atoms with Crippen molar-refractivity contribution < 1.29 is 0 Å². The molecule has 1 aromatic carbocycles. The van der Waals surface area contributed by atoms with Gasteiger partial charge in [0.2, 0.25) is 0 Å². The predicted molar refractivity (Wildman–Crippen MR) is 127 cm³/mol. The van der Waals surface area contributed by atoms with Gasteiger partial charge in [0.1, 0.15) is 11.6 Å². The molecule has 0 saturated carbocycles. The van der Waals surface area contributed by atoms with Crippen molar-refractivity contribution in [2.24, 2.45) is 4.99 Å². The number of hydrogen-bond donors (Lipinski definition) is 2. The number of para-hydroxylation sites is 1. The van der Waals surface area contributed by atoms with E-state index in [9.17, 15) is 0 Å². The number of guanidine groups is 1. The average Bonchev–Trinajstić information content (AvgIpc) is 3.25.